The van der Waals surface area contributed by atoms with Crippen LogP contribution in [0.4, 0.5) is 4.39 Å². The predicted molar refractivity (Wildman–Crippen MR) is 202 cm³/mol. The van der Waals surface area contributed by atoms with E-state index in [0.717, 1.165) is 12.0 Å². The fraction of sp³-hybridized carbons (Fsp3) is 0.282. The molecule has 0 radical (unpaired) electrons. The lowest BCUT2D eigenvalue weighted by molar-refractivity contribution is -0.120. The molecule has 0 bridgehead atoms. The maximum absolute atomic E-state index is 16.1. The normalized spacial score (nSPS) is 17.0. The molecule has 2 aliphatic heterocycles. The monoisotopic (exact) mass is 758 g/mol. The van der Waals surface area contributed by atoms with Crippen molar-refractivity contribution in [1.29, 1.82) is 0 Å². The first-order chi connectivity index (χ1) is 25.6. The van der Waals surface area contributed by atoms with Crippen LogP contribution in [0.5, 0.6) is 11.5 Å². The SMILES string of the molecule is COc1c(F)c(-c2cccc(-c3cccc(-c4ccn5c(=O)c(CNC[C@@H]6CCC(=O)N6)cnc5c4)c3Cl)c2Cl)cc(O)c1CNC[C@@H]1CCC(=O)N1. The van der Waals surface area contributed by atoms with Crippen LogP contribution in [0.3, 0.4) is 0 Å². The minimum atomic E-state index is -0.685. The van der Waals surface area contributed by atoms with E-state index in [4.69, 9.17) is 27.9 Å². The number of phenolic OH excluding ortho intramolecular Hbond substituents is 1. The zero-order valence-electron chi connectivity index (χ0n) is 28.8. The topological polar surface area (TPSA) is 146 Å². The van der Waals surface area contributed by atoms with Crippen LogP contribution in [0.2, 0.25) is 10.0 Å². The van der Waals surface area contributed by atoms with E-state index in [-0.39, 0.29) is 63.7 Å². The highest BCUT2D eigenvalue weighted by Gasteiger charge is 2.25. The molecule has 3 aromatic carbocycles. The quantitative estimate of drug-likeness (QED) is 0.111. The van der Waals surface area contributed by atoms with Crippen LogP contribution in [0.1, 0.15) is 36.8 Å². The summed E-state index contributed by atoms with van der Waals surface area (Å²) in [5.41, 5.74) is 3.90. The number of nitrogens with zero attached hydrogens (tertiary/aromatic N) is 2. The van der Waals surface area contributed by atoms with Gasteiger partial charge in [-0.15, -0.1) is 0 Å². The molecule has 2 fully saturated rings. The number of carbonyl (C=O) groups is 2. The standard InChI is InChI=1S/C39H37Cl2FN6O5/c1-53-38-30(20-44-19-24-9-11-34(51)47-24)31(49)15-29(37(38)42)28-7-3-6-27(36(28)41)26-5-2-4-25(35(26)40)21-12-13-48-32(14-21)45-17-22(39(48)52)16-43-18-23-8-10-33(50)46-23/h2-7,12-15,17,23-24,43-44,49H,8-11,16,18-20H2,1H3,(H,46,50)(H,47,51)/t23-,24-/m0/s1. The number of nitrogens with one attached hydrogen (secondary N) is 4. The molecule has 5 N–H and O–H groups in total. The molecular formula is C39H37Cl2FN6O5. The van der Waals surface area contributed by atoms with Crippen molar-refractivity contribution in [3.63, 3.8) is 0 Å². The van der Waals surface area contributed by atoms with Crippen molar-refractivity contribution < 1.29 is 23.8 Å². The smallest absolute Gasteiger partial charge is 0.262 e. The van der Waals surface area contributed by atoms with Crippen molar-refractivity contribution in [2.45, 2.75) is 50.9 Å². The lowest BCUT2D eigenvalue weighted by Crippen LogP contribution is -2.36. The number of aromatic nitrogens is 2. The van der Waals surface area contributed by atoms with Crippen molar-refractivity contribution in [2.24, 2.45) is 0 Å². The average molecular weight is 760 g/mol. The van der Waals surface area contributed by atoms with Crippen molar-refractivity contribution in [3.8, 4) is 44.9 Å². The van der Waals surface area contributed by atoms with E-state index in [1.807, 2.05) is 18.2 Å². The summed E-state index contributed by atoms with van der Waals surface area (Å²) in [7, 11) is 1.33. The number of phenols is 1. The second-order valence-electron chi connectivity index (χ2n) is 13.2. The molecule has 4 heterocycles. The highest BCUT2D eigenvalue weighted by atomic mass is 35.5. The molecule has 5 aromatic rings. The van der Waals surface area contributed by atoms with Crippen molar-refractivity contribution in [2.75, 3.05) is 20.2 Å². The zero-order valence-corrected chi connectivity index (χ0v) is 30.3. The van der Waals surface area contributed by atoms with E-state index in [0.29, 0.717) is 77.4 Å². The van der Waals surface area contributed by atoms with Gasteiger partial charge in [0.25, 0.3) is 5.56 Å². The number of ether oxygens (including phenoxy) is 1. The molecule has 53 heavy (non-hydrogen) atoms. The largest absolute Gasteiger partial charge is 0.507 e. The molecule has 2 atom stereocenters. The number of fused-ring (bicyclic) bond motifs is 1. The van der Waals surface area contributed by atoms with Gasteiger partial charge in [0.2, 0.25) is 11.8 Å². The lowest BCUT2D eigenvalue weighted by atomic mass is 9.95. The molecule has 11 nitrogen and oxygen atoms in total. The number of pyridine rings is 1. The first kappa shape index (κ1) is 36.4. The van der Waals surface area contributed by atoms with Crippen LogP contribution in [-0.4, -0.2) is 58.6 Å². The van der Waals surface area contributed by atoms with Gasteiger partial charge in [-0.05, 0) is 36.6 Å². The number of hydrogen-bond donors (Lipinski definition) is 5. The Hall–Kier alpha value is -5.01. The number of carbonyl (C=O) groups excluding carboxylic acids is 2. The summed E-state index contributed by atoms with van der Waals surface area (Å²) in [6.45, 7) is 1.46. The first-order valence-electron chi connectivity index (χ1n) is 17.3. The number of hydrogen-bond acceptors (Lipinski definition) is 8. The Labute approximate surface area is 314 Å². The lowest BCUT2D eigenvalue weighted by Gasteiger charge is -2.18. The maximum atomic E-state index is 16.1. The number of methoxy groups -OCH3 is 1. The summed E-state index contributed by atoms with van der Waals surface area (Å²) in [4.78, 5) is 40.8. The summed E-state index contributed by atoms with van der Waals surface area (Å²) in [6, 6.07) is 15.6. The Morgan fingerprint density at radius 2 is 1.45 bits per heavy atom. The Balaban J connectivity index is 1.14. The molecule has 0 unspecified atom stereocenters. The fourth-order valence-corrected chi connectivity index (χ4v) is 7.63. The van der Waals surface area contributed by atoms with E-state index >= 15 is 4.39 Å². The van der Waals surface area contributed by atoms with E-state index in [2.05, 4.69) is 26.3 Å². The number of aromatic hydroxyl groups is 1. The molecule has 274 valence electrons. The summed E-state index contributed by atoms with van der Waals surface area (Å²) in [5.74, 6) is -0.934. The van der Waals surface area contributed by atoms with Crippen LogP contribution in [0.15, 0.2) is 71.8 Å². The van der Waals surface area contributed by atoms with Crippen molar-refractivity contribution >= 4 is 40.7 Å². The summed E-state index contributed by atoms with van der Waals surface area (Å²) in [5, 5.41) is 23.8. The summed E-state index contributed by atoms with van der Waals surface area (Å²) < 4.78 is 23.0. The number of halogens is 3. The van der Waals surface area contributed by atoms with Crippen LogP contribution < -0.4 is 31.6 Å². The molecule has 0 spiro atoms. The van der Waals surface area contributed by atoms with Gasteiger partial charge in [-0.1, -0.05) is 59.6 Å². The Morgan fingerprint density at radius 1 is 0.868 bits per heavy atom. The van der Waals surface area contributed by atoms with Gasteiger partial charge < -0.3 is 31.1 Å². The minimum absolute atomic E-state index is 0.00325. The van der Waals surface area contributed by atoms with Gasteiger partial charge in [0.1, 0.15) is 11.4 Å². The second-order valence-corrected chi connectivity index (χ2v) is 14.0. The van der Waals surface area contributed by atoms with Gasteiger partial charge in [-0.2, -0.15) is 0 Å². The van der Waals surface area contributed by atoms with Crippen LogP contribution in [0.25, 0.3) is 39.0 Å². The van der Waals surface area contributed by atoms with Gasteiger partial charge in [0.05, 0.1) is 22.7 Å². The number of rotatable bonds is 12. The Kier molecular flexibility index (Phi) is 10.7. The molecule has 0 aliphatic carbocycles. The first-order valence-corrected chi connectivity index (χ1v) is 18.1. The summed E-state index contributed by atoms with van der Waals surface area (Å²) in [6.07, 6.45) is 5.66. The molecular weight excluding hydrogens is 722 g/mol. The average Bonchev–Trinajstić information content (AvgIpc) is 3.77. The van der Waals surface area contributed by atoms with Gasteiger partial charge in [0, 0.05) is 96.9 Å². The van der Waals surface area contributed by atoms with E-state index < -0.39 is 5.82 Å². The van der Waals surface area contributed by atoms with Gasteiger partial charge in [0.15, 0.2) is 11.6 Å². The third-order valence-electron chi connectivity index (χ3n) is 9.74. The molecule has 2 aliphatic rings. The van der Waals surface area contributed by atoms with Gasteiger partial charge >= 0.3 is 0 Å². The van der Waals surface area contributed by atoms with Crippen LogP contribution in [0, 0.1) is 5.82 Å². The van der Waals surface area contributed by atoms with E-state index in [1.54, 1.807) is 42.7 Å². The van der Waals surface area contributed by atoms with Crippen LogP contribution >= 0.6 is 23.2 Å². The number of amides is 2. The fourth-order valence-electron chi connectivity index (χ4n) is 6.96. The second kappa shape index (κ2) is 15.5. The molecule has 2 saturated heterocycles. The number of benzene rings is 3. The zero-order chi connectivity index (χ0) is 37.2. The highest BCUT2D eigenvalue weighted by molar-refractivity contribution is 6.39. The summed E-state index contributed by atoms with van der Waals surface area (Å²) >= 11 is 14.1. The molecule has 14 heteroatoms. The molecule has 2 aromatic heterocycles. The van der Waals surface area contributed by atoms with Crippen molar-refractivity contribution in [3.05, 3.63) is 104 Å². The maximum Gasteiger partial charge on any atom is 0.262 e. The molecule has 7 rings (SSSR count). The van der Waals surface area contributed by atoms with Crippen LogP contribution in [-0.2, 0) is 22.7 Å². The molecule has 2 amide bonds. The Bertz CT molecular complexity index is 2300. The molecule has 0 saturated carbocycles. The predicted octanol–water partition coefficient (Wildman–Crippen LogP) is 5.59. The van der Waals surface area contributed by atoms with E-state index in [1.165, 1.54) is 17.6 Å². The third-order valence-corrected chi connectivity index (χ3v) is 10.6. The third kappa shape index (κ3) is 7.45. The van der Waals surface area contributed by atoms with Crippen molar-refractivity contribution in [1.82, 2.24) is 30.7 Å². The van der Waals surface area contributed by atoms with E-state index in [9.17, 15) is 19.5 Å². The van der Waals surface area contributed by atoms with Gasteiger partial charge in [-0.3, -0.25) is 18.8 Å². The Morgan fingerprint density at radius 3 is 2.06 bits per heavy atom. The minimum Gasteiger partial charge on any atom is -0.507 e. The highest BCUT2D eigenvalue weighted by Crippen LogP contribution is 2.45. The van der Waals surface area contributed by atoms with Gasteiger partial charge in [-0.25, -0.2) is 9.37 Å².